The average molecular weight is 392 g/mol. The number of hydrogen-bond donors (Lipinski definition) is 2. The second-order valence-corrected chi connectivity index (χ2v) is 7.61. The van der Waals surface area contributed by atoms with Crippen molar-refractivity contribution in [3.8, 4) is 5.75 Å². The van der Waals surface area contributed by atoms with E-state index in [9.17, 15) is 9.90 Å². The Morgan fingerprint density at radius 2 is 2.03 bits per heavy atom. The minimum atomic E-state index is -0.589. The van der Waals surface area contributed by atoms with Gasteiger partial charge in [-0.2, -0.15) is 5.10 Å². The van der Waals surface area contributed by atoms with E-state index in [2.05, 4.69) is 24.3 Å². The summed E-state index contributed by atoms with van der Waals surface area (Å²) < 4.78 is 7.21. The fourth-order valence-electron chi connectivity index (χ4n) is 3.82. The van der Waals surface area contributed by atoms with Gasteiger partial charge < -0.3 is 14.8 Å². The van der Waals surface area contributed by atoms with Crippen molar-refractivity contribution < 1.29 is 9.52 Å². The quantitative estimate of drug-likeness (QED) is 0.688. The number of aryl methyl sites for hydroxylation is 1. The van der Waals surface area contributed by atoms with Crippen molar-refractivity contribution >= 4 is 17.1 Å². The SMILES string of the molecule is Cc1cc(O)c(C2=Nc3ccccc3N[C@H](c3cnn(C(C)C)c3C)C2)c(=O)o1. The topological polar surface area (TPSA) is 92.7 Å². The number of aliphatic imine (C=N–C) groups is 1. The molecule has 0 spiro atoms. The number of aromatic nitrogens is 2. The lowest BCUT2D eigenvalue weighted by atomic mass is 9.98. The second kappa shape index (κ2) is 7.24. The van der Waals surface area contributed by atoms with Crippen LogP contribution in [0.4, 0.5) is 11.4 Å². The van der Waals surface area contributed by atoms with Gasteiger partial charge >= 0.3 is 5.63 Å². The molecule has 4 rings (SSSR count). The number of nitrogens with one attached hydrogen (secondary N) is 1. The van der Waals surface area contributed by atoms with E-state index in [0.717, 1.165) is 16.9 Å². The Bertz CT molecular complexity index is 1160. The zero-order valence-electron chi connectivity index (χ0n) is 16.9. The summed E-state index contributed by atoms with van der Waals surface area (Å²) in [6.45, 7) is 7.84. The number of anilines is 1. The van der Waals surface area contributed by atoms with Crippen molar-refractivity contribution in [3.05, 3.63) is 69.5 Å². The number of benzene rings is 1. The van der Waals surface area contributed by atoms with Gasteiger partial charge in [-0.05, 0) is 39.8 Å². The molecule has 1 aliphatic rings. The van der Waals surface area contributed by atoms with E-state index in [1.807, 2.05) is 42.1 Å². The number of rotatable bonds is 3. The van der Waals surface area contributed by atoms with Crippen molar-refractivity contribution in [2.24, 2.45) is 4.99 Å². The van der Waals surface area contributed by atoms with Crippen LogP contribution in [0.3, 0.4) is 0 Å². The summed E-state index contributed by atoms with van der Waals surface area (Å²) in [7, 11) is 0. The van der Waals surface area contributed by atoms with Crippen molar-refractivity contribution in [3.63, 3.8) is 0 Å². The fraction of sp³-hybridized carbons (Fsp3) is 0.318. The van der Waals surface area contributed by atoms with Crippen molar-refractivity contribution in [1.29, 1.82) is 0 Å². The lowest BCUT2D eigenvalue weighted by Gasteiger charge is -2.19. The van der Waals surface area contributed by atoms with Gasteiger partial charge in [0.05, 0.1) is 29.3 Å². The summed E-state index contributed by atoms with van der Waals surface area (Å²) in [6, 6.07) is 9.18. The summed E-state index contributed by atoms with van der Waals surface area (Å²) in [5.41, 5.74) is 3.64. The maximum Gasteiger partial charge on any atom is 0.348 e. The molecule has 2 aromatic heterocycles. The standard InChI is InChI=1S/C22H24N4O3/c1-12(2)26-14(4)15(11-23-26)18-10-19(21-20(27)9-13(3)29-22(21)28)25-17-8-6-5-7-16(17)24-18/h5-9,11-12,18,24,27H,10H2,1-4H3/t18-/m0/s1. The summed E-state index contributed by atoms with van der Waals surface area (Å²) >= 11 is 0. The molecule has 7 heteroatoms. The predicted octanol–water partition coefficient (Wildman–Crippen LogP) is 4.42. The molecule has 29 heavy (non-hydrogen) atoms. The van der Waals surface area contributed by atoms with Crippen LogP contribution in [0.2, 0.25) is 0 Å². The van der Waals surface area contributed by atoms with E-state index in [1.54, 1.807) is 6.92 Å². The minimum Gasteiger partial charge on any atom is -0.507 e. The van der Waals surface area contributed by atoms with E-state index in [4.69, 9.17) is 9.41 Å². The molecule has 0 amide bonds. The van der Waals surface area contributed by atoms with E-state index in [1.165, 1.54) is 6.07 Å². The van der Waals surface area contributed by atoms with Crippen molar-refractivity contribution in [1.82, 2.24) is 9.78 Å². The zero-order valence-corrected chi connectivity index (χ0v) is 16.9. The first-order valence-electron chi connectivity index (χ1n) is 9.66. The molecule has 0 fully saturated rings. The monoisotopic (exact) mass is 392 g/mol. The largest absolute Gasteiger partial charge is 0.507 e. The maximum absolute atomic E-state index is 12.5. The second-order valence-electron chi connectivity index (χ2n) is 7.61. The number of para-hydroxylation sites is 2. The first kappa shape index (κ1) is 19.0. The lowest BCUT2D eigenvalue weighted by molar-refractivity contribution is 0.432. The number of aromatic hydroxyl groups is 1. The van der Waals surface area contributed by atoms with Gasteiger partial charge in [-0.1, -0.05) is 12.1 Å². The fourth-order valence-corrected chi connectivity index (χ4v) is 3.82. The highest BCUT2D eigenvalue weighted by Crippen LogP contribution is 2.37. The van der Waals surface area contributed by atoms with E-state index >= 15 is 0 Å². The van der Waals surface area contributed by atoms with Crippen LogP contribution in [-0.2, 0) is 0 Å². The first-order chi connectivity index (χ1) is 13.8. The first-order valence-corrected chi connectivity index (χ1v) is 9.66. The highest BCUT2D eigenvalue weighted by atomic mass is 16.4. The summed E-state index contributed by atoms with van der Waals surface area (Å²) in [6.07, 6.45) is 2.26. The Hall–Kier alpha value is -3.35. The Kier molecular flexibility index (Phi) is 4.74. The molecule has 0 aliphatic carbocycles. The summed E-state index contributed by atoms with van der Waals surface area (Å²) in [5, 5.41) is 18.5. The van der Waals surface area contributed by atoms with Gasteiger partial charge in [-0.3, -0.25) is 9.67 Å². The summed E-state index contributed by atoms with van der Waals surface area (Å²) in [4.78, 5) is 17.3. The molecule has 7 nitrogen and oxygen atoms in total. The van der Waals surface area contributed by atoms with Crippen LogP contribution in [0.5, 0.6) is 5.75 Å². The van der Waals surface area contributed by atoms with Crippen LogP contribution < -0.4 is 10.9 Å². The number of fused-ring (bicyclic) bond motifs is 1. The highest BCUT2D eigenvalue weighted by Gasteiger charge is 2.27. The number of hydrogen-bond acceptors (Lipinski definition) is 6. The molecule has 0 unspecified atom stereocenters. The van der Waals surface area contributed by atoms with Crippen LogP contribution in [0, 0.1) is 13.8 Å². The third kappa shape index (κ3) is 3.44. The molecule has 150 valence electrons. The normalized spacial score (nSPS) is 16.2. The predicted molar refractivity (Wildman–Crippen MR) is 112 cm³/mol. The molecule has 3 heterocycles. The Labute approximate surface area is 168 Å². The van der Waals surface area contributed by atoms with Gasteiger partial charge in [-0.15, -0.1) is 0 Å². The smallest absolute Gasteiger partial charge is 0.348 e. The van der Waals surface area contributed by atoms with Crippen LogP contribution in [0.15, 0.2) is 50.7 Å². The van der Waals surface area contributed by atoms with Gasteiger partial charge in [-0.25, -0.2) is 4.79 Å². The molecule has 0 radical (unpaired) electrons. The van der Waals surface area contributed by atoms with E-state index < -0.39 is 5.63 Å². The molecule has 2 N–H and O–H groups in total. The van der Waals surface area contributed by atoms with Crippen molar-refractivity contribution in [2.75, 3.05) is 5.32 Å². The van der Waals surface area contributed by atoms with Crippen LogP contribution >= 0.6 is 0 Å². The Morgan fingerprint density at radius 3 is 2.72 bits per heavy atom. The summed E-state index contributed by atoms with van der Waals surface area (Å²) in [5.74, 6) is 0.236. The van der Waals surface area contributed by atoms with Gasteiger partial charge in [0.15, 0.2) is 0 Å². The van der Waals surface area contributed by atoms with Crippen LogP contribution in [0.25, 0.3) is 0 Å². The third-order valence-electron chi connectivity index (χ3n) is 5.18. The number of nitrogens with zero attached hydrogens (tertiary/aromatic N) is 3. The minimum absolute atomic E-state index is 0.105. The molecule has 1 aromatic carbocycles. The van der Waals surface area contributed by atoms with Gasteiger partial charge in [0.2, 0.25) is 0 Å². The maximum atomic E-state index is 12.5. The molecular formula is C22H24N4O3. The highest BCUT2D eigenvalue weighted by molar-refractivity contribution is 6.05. The molecule has 1 atom stereocenters. The molecule has 0 bridgehead atoms. The zero-order chi connectivity index (χ0) is 20.7. The van der Waals surface area contributed by atoms with Gasteiger partial charge in [0, 0.05) is 29.8 Å². The van der Waals surface area contributed by atoms with Crippen LogP contribution in [0.1, 0.15) is 54.9 Å². The van der Waals surface area contributed by atoms with Gasteiger partial charge in [0.25, 0.3) is 0 Å². The lowest BCUT2D eigenvalue weighted by Crippen LogP contribution is -2.20. The van der Waals surface area contributed by atoms with E-state index in [-0.39, 0.29) is 23.4 Å². The molecule has 0 saturated carbocycles. The molecule has 3 aromatic rings. The molecule has 1 aliphatic heterocycles. The van der Waals surface area contributed by atoms with Crippen LogP contribution in [-0.4, -0.2) is 20.6 Å². The molecule has 0 saturated heterocycles. The van der Waals surface area contributed by atoms with E-state index in [0.29, 0.717) is 23.6 Å². The Morgan fingerprint density at radius 1 is 1.28 bits per heavy atom. The van der Waals surface area contributed by atoms with Gasteiger partial charge in [0.1, 0.15) is 17.1 Å². The molecular weight excluding hydrogens is 368 g/mol. The average Bonchev–Trinajstić information content (AvgIpc) is 2.93. The van der Waals surface area contributed by atoms with Crippen molar-refractivity contribution in [2.45, 2.75) is 46.2 Å². The Balaban J connectivity index is 1.87. The third-order valence-corrected chi connectivity index (χ3v) is 5.18.